The second kappa shape index (κ2) is 7.99. The molecule has 1 aromatic carbocycles. The Morgan fingerprint density at radius 1 is 1.27 bits per heavy atom. The van der Waals surface area contributed by atoms with Crippen LogP contribution in [0.2, 0.25) is 0 Å². The zero-order valence-electron chi connectivity index (χ0n) is 17.2. The number of carboxylic acids is 1. The largest absolute Gasteiger partial charge is 0.478 e. The number of aromatic carboxylic acids is 1. The first-order chi connectivity index (χ1) is 14.4. The summed E-state index contributed by atoms with van der Waals surface area (Å²) in [5.74, 6) is -0.663. The van der Waals surface area contributed by atoms with Crippen molar-refractivity contribution < 1.29 is 14.7 Å². The first kappa shape index (κ1) is 20.2. The van der Waals surface area contributed by atoms with E-state index in [1.54, 1.807) is 4.90 Å². The summed E-state index contributed by atoms with van der Waals surface area (Å²) in [4.78, 5) is 35.0. The maximum atomic E-state index is 12.1. The lowest BCUT2D eigenvalue weighted by Crippen LogP contribution is -2.27. The normalized spacial score (nSPS) is 17.2. The predicted octanol–water partition coefficient (Wildman–Crippen LogP) is 4.89. The second-order valence-corrected chi connectivity index (χ2v) is 8.47. The summed E-state index contributed by atoms with van der Waals surface area (Å²) in [5, 5.41) is 13.2. The Bertz CT molecular complexity index is 1180. The van der Waals surface area contributed by atoms with E-state index < -0.39 is 5.97 Å². The molecule has 1 N–H and O–H groups in total. The molecule has 1 unspecified atom stereocenters. The van der Waals surface area contributed by atoms with Gasteiger partial charge >= 0.3 is 5.97 Å². The van der Waals surface area contributed by atoms with E-state index in [2.05, 4.69) is 11.9 Å². The zero-order chi connectivity index (χ0) is 21.4. The van der Waals surface area contributed by atoms with Gasteiger partial charge in [0.05, 0.1) is 22.5 Å². The number of carbonyl (C=O) groups excluding carboxylic acids is 1. The number of hydrogen-bond donors (Lipinski definition) is 1. The second-order valence-electron chi connectivity index (χ2n) is 7.64. The highest BCUT2D eigenvalue weighted by Crippen LogP contribution is 2.38. The molecule has 1 aliphatic carbocycles. The first-order valence-corrected chi connectivity index (χ1v) is 10.9. The van der Waals surface area contributed by atoms with Gasteiger partial charge < -0.3 is 5.11 Å². The quantitative estimate of drug-likeness (QED) is 0.649. The highest BCUT2D eigenvalue weighted by Gasteiger charge is 2.28. The number of allylic oxidation sites excluding steroid dienone is 1. The maximum absolute atomic E-state index is 12.1. The molecule has 6 nitrogen and oxygen atoms in total. The Kier molecular flexibility index (Phi) is 5.39. The van der Waals surface area contributed by atoms with Crippen LogP contribution in [0.1, 0.15) is 54.5 Å². The van der Waals surface area contributed by atoms with Crippen LogP contribution < -0.4 is 4.90 Å². The van der Waals surface area contributed by atoms with Crippen molar-refractivity contribution in [3.63, 3.8) is 0 Å². The van der Waals surface area contributed by atoms with Crippen LogP contribution in [0.25, 0.3) is 22.6 Å². The highest BCUT2D eigenvalue weighted by molar-refractivity contribution is 7.14. The van der Waals surface area contributed by atoms with Crippen LogP contribution in [0.4, 0.5) is 5.13 Å². The number of benzene rings is 1. The van der Waals surface area contributed by atoms with Gasteiger partial charge in [0.1, 0.15) is 0 Å². The molecule has 0 saturated heterocycles. The number of carbonyl (C=O) groups is 2. The molecule has 0 saturated carbocycles. The van der Waals surface area contributed by atoms with Crippen molar-refractivity contribution in [2.45, 2.75) is 33.6 Å². The van der Waals surface area contributed by atoms with Crippen molar-refractivity contribution in [1.82, 2.24) is 9.97 Å². The molecule has 1 aliphatic rings. The number of fused-ring (bicyclic) bond motifs is 2. The van der Waals surface area contributed by atoms with Crippen molar-refractivity contribution in [3.8, 4) is 0 Å². The minimum absolute atomic E-state index is 0.0399. The molecule has 0 aliphatic heterocycles. The van der Waals surface area contributed by atoms with Gasteiger partial charge in [-0.15, -0.1) is 11.3 Å². The monoisotopic (exact) mass is 421 g/mol. The molecule has 2 heterocycles. The summed E-state index contributed by atoms with van der Waals surface area (Å²) < 4.78 is 0. The average Bonchev–Trinajstić information content (AvgIpc) is 3.14. The fraction of sp³-hybridized carbons (Fsp3) is 0.304. The number of para-hydroxylation sites is 1. The van der Waals surface area contributed by atoms with Gasteiger partial charge in [0.2, 0.25) is 5.91 Å². The van der Waals surface area contributed by atoms with E-state index in [4.69, 9.17) is 4.98 Å². The zero-order valence-corrected chi connectivity index (χ0v) is 18.0. The van der Waals surface area contributed by atoms with Gasteiger partial charge in [-0.05, 0) is 49.0 Å². The summed E-state index contributed by atoms with van der Waals surface area (Å²) in [6.45, 7) is 6.14. The van der Waals surface area contributed by atoms with Gasteiger partial charge in [0.15, 0.2) is 5.13 Å². The van der Waals surface area contributed by atoms with Gasteiger partial charge in [-0.1, -0.05) is 25.1 Å². The molecule has 1 atom stereocenters. The summed E-state index contributed by atoms with van der Waals surface area (Å²) in [6, 6.07) is 7.39. The topological polar surface area (TPSA) is 83.4 Å². The number of amides is 1. The van der Waals surface area contributed by atoms with Crippen LogP contribution >= 0.6 is 11.3 Å². The van der Waals surface area contributed by atoms with E-state index in [1.165, 1.54) is 18.3 Å². The molecule has 2 aromatic heterocycles. The molecule has 1 amide bonds. The van der Waals surface area contributed by atoms with E-state index in [0.29, 0.717) is 40.5 Å². The summed E-state index contributed by atoms with van der Waals surface area (Å²) in [5.41, 5.74) is 4.32. The SMILES string of the molecule is CCN(C(C)=O)c1nc(/C=C2\CC(C)Cc3c2nc2ccccc2c3C(=O)O)cs1. The number of anilines is 1. The molecule has 30 heavy (non-hydrogen) atoms. The summed E-state index contributed by atoms with van der Waals surface area (Å²) in [7, 11) is 0. The summed E-state index contributed by atoms with van der Waals surface area (Å²) >= 11 is 1.43. The number of carboxylic acid groups (broad SMARTS) is 1. The predicted molar refractivity (Wildman–Crippen MR) is 120 cm³/mol. The van der Waals surface area contributed by atoms with Crippen LogP contribution in [0.5, 0.6) is 0 Å². The number of rotatable bonds is 4. The molecule has 154 valence electrons. The van der Waals surface area contributed by atoms with Crippen LogP contribution in [0.15, 0.2) is 29.6 Å². The van der Waals surface area contributed by atoms with Crippen LogP contribution in [0, 0.1) is 5.92 Å². The van der Waals surface area contributed by atoms with E-state index in [0.717, 1.165) is 28.9 Å². The van der Waals surface area contributed by atoms with Gasteiger partial charge in [0.25, 0.3) is 0 Å². The Morgan fingerprint density at radius 2 is 2.03 bits per heavy atom. The average molecular weight is 422 g/mol. The lowest BCUT2D eigenvalue weighted by Gasteiger charge is -2.25. The minimum Gasteiger partial charge on any atom is -0.478 e. The van der Waals surface area contributed by atoms with Crippen molar-refractivity contribution in [2.24, 2.45) is 5.92 Å². The fourth-order valence-corrected chi connectivity index (χ4v) is 5.01. The Balaban J connectivity index is 1.86. The molecular weight excluding hydrogens is 398 g/mol. The maximum Gasteiger partial charge on any atom is 0.336 e. The Hall–Kier alpha value is -3.06. The molecule has 0 radical (unpaired) electrons. The van der Waals surface area contributed by atoms with Gasteiger partial charge in [0, 0.05) is 24.2 Å². The third-order valence-electron chi connectivity index (χ3n) is 5.39. The van der Waals surface area contributed by atoms with Crippen LogP contribution in [0.3, 0.4) is 0 Å². The van der Waals surface area contributed by atoms with E-state index >= 15 is 0 Å². The van der Waals surface area contributed by atoms with Crippen LogP contribution in [-0.2, 0) is 11.2 Å². The molecule has 7 heteroatoms. The van der Waals surface area contributed by atoms with E-state index in [9.17, 15) is 14.7 Å². The van der Waals surface area contributed by atoms with Gasteiger partial charge in [-0.25, -0.2) is 14.8 Å². The van der Waals surface area contributed by atoms with Gasteiger partial charge in [-0.3, -0.25) is 9.69 Å². The smallest absolute Gasteiger partial charge is 0.336 e. The number of hydrogen-bond acceptors (Lipinski definition) is 5. The van der Waals surface area contributed by atoms with Crippen molar-refractivity contribution in [3.05, 3.63) is 52.2 Å². The molecule has 0 fully saturated rings. The standard InChI is InChI=1S/C23H23N3O3S/c1-4-26(14(3)27)23-24-16(12-30-23)11-15-9-13(2)10-18-20(22(28)29)17-7-5-6-8-19(17)25-21(15)18/h5-8,11-13H,4,9-10H2,1-3H3,(H,28,29)/b15-11+. The molecule has 3 aromatic rings. The van der Waals surface area contributed by atoms with Crippen molar-refractivity contribution >= 4 is 50.9 Å². The number of nitrogens with zero attached hydrogens (tertiary/aromatic N) is 3. The third-order valence-corrected chi connectivity index (χ3v) is 6.27. The molecule has 0 spiro atoms. The molecule has 4 rings (SSSR count). The van der Waals surface area contributed by atoms with Crippen LogP contribution in [-0.4, -0.2) is 33.5 Å². The van der Waals surface area contributed by atoms with E-state index in [1.807, 2.05) is 42.6 Å². The third kappa shape index (κ3) is 3.61. The highest BCUT2D eigenvalue weighted by atomic mass is 32.1. The summed E-state index contributed by atoms with van der Waals surface area (Å²) in [6.07, 6.45) is 3.47. The number of thiazole rings is 1. The Labute approximate surface area is 178 Å². The Morgan fingerprint density at radius 3 is 2.73 bits per heavy atom. The van der Waals surface area contributed by atoms with E-state index in [-0.39, 0.29) is 5.91 Å². The van der Waals surface area contributed by atoms with Gasteiger partial charge in [-0.2, -0.15) is 0 Å². The number of pyridine rings is 1. The molecule has 0 bridgehead atoms. The van der Waals surface area contributed by atoms with Crippen molar-refractivity contribution in [1.29, 1.82) is 0 Å². The lowest BCUT2D eigenvalue weighted by molar-refractivity contribution is -0.116. The van der Waals surface area contributed by atoms with Crippen molar-refractivity contribution in [2.75, 3.05) is 11.4 Å². The lowest BCUT2D eigenvalue weighted by atomic mass is 9.81. The first-order valence-electron chi connectivity index (χ1n) is 9.98. The fourth-order valence-electron chi connectivity index (χ4n) is 4.12. The number of aromatic nitrogens is 2. The minimum atomic E-state index is -0.922. The molecular formula is C23H23N3O3S.